The summed E-state index contributed by atoms with van der Waals surface area (Å²) in [6.07, 6.45) is 33.4. The van der Waals surface area contributed by atoms with Gasteiger partial charge in [-0.05, 0) is 154 Å². The monoisotopic (exact) mass is 1840 g/mol. The van der Waals surface area contributed by atoms with E-state index in [1.54, 1.807) is 0 Å². The van der Waals surface area contributed by atoms with E-state index in [0.29, 0.717) is 0 Å². The molecule has 12 heterocycles. The molecular weight excluding hydrogens is 1700 g/mol. The highest BCUT2D eigenvalue weighted by Gasteiger charge is 2.12. The topological polar surface area (TPSA) is 384 Å². The van der Waals surface area contributed by atoms with Gasteiger partial charge in [0.15, 0.2) is 0 Å². The Bertz CT molecular complexity index is 1620. The van der Waals surface area contributed by atoms with Crippen LogP contribution < -0.4 is 0 Å². The van der Waals surface area contributed by atoms with Crippen LogP contribution in [-0.2, 0) is 27.4 Å². The van der Waals surface area contributed by atoms with Crippen LogP contribution >= 0.6 is 160 Å². The summed E-state index contributed by atoms with van der Waals surface area (Å²) in [5, 5.41) is 0. The zero-order chi connectivity index (χ0) is 79.9. The van der Waals surface area contributed by atoms with Crippen molar-refractivity contribution in [2.24, 2.45) is 0 Å². The lowest BCUT2D eigenvalue weighted by Gasteiger charge is -2.00. The van der Waals surface area contributed by atoms with Gasteiger partial charge in [-0.3, -0.25) is 115 Å². The Labute approximate surface area is 635 Å². The molecule has 12 saturated heterocycles. The van der Waals surface area contributed by atoms with Gasteiger partial charge in [-0.2, -0.15) is 0 Å². The molecule has 0 aromatic carbocycles. The molecule has 624 valence electrons. The predicted molar refractivity (Wildman–Crippen MR) is 445 cm³/mol. The highest BCUT2D eigenvalue weighted by Crippen LogP contribution is 2.37. The Kier molecular flexibility index (Phi) is 86.7. The Morgan fingerprint density at radius 3 is 0.186 bits per heavy atom. The molecule has 12 aliphatic rings. The Morgan fingerprint density at radius 1 is 0.147 bits per heavy atom. The zero-order valence-electron chi connectivity index (χ0n) is 59.0. The first-order valence-electron chi connectivity index (χ1n) is 33.2. The first-order valence-corrected chi connectivity index (χ1v) is 48.4. The molecule has 0 aromatic rings. The van der Waals surface area contributed by atoms with Crippen LogP contribution in [0, 0.1) is 0 Å². The lowest BCUT2D eigenvalue weighted by atomic mass is 10.4. The summed E-state index contributed by atoms with van der Waals surface area (Å²) in [6, 6.07) is 0. The normalized spacial score (nSPS) is 21.5. The average Bonchev–Trinajstić information content (AvgIpc) is 2.43. The van der Waals surface area contributed by atoms with Gasteiger partial charge in [0.2, 0.25) is 0 Å². The summed E-state index contributed by atoms with van der Waals surface area (Å²) in [6.45, 7) is 30.8. The van der Waals surface area contributed by atoms with Crippen molar-refractivity contribution in [3.63, 3.8) is 0 Å². The Balaban J connectivity index is -0.000000239. The van der Waals surface area contributed by atoms with Crippen LogP contribution in [0.5, 0.6) is 0 Å². The van der Waals surface area contributed by atoms with Crippen molar-refractivity contribution in [1.82, 2.24) is 56.0 Å². The summed E-state index contributed by atoms with van der Waals surface area (Å²) in [5.41, 5.74) is 0. The molecule has 102 heavy (non-hydrogen) atoms. The highest BCUT2D eigenvalue weighted by molar-refractivity contribution is 7.47. The molecule has 54 heteroatoms. The van der Waals surface area contributed by atoms with Crippen LogP contribution in [0.1, 0.15) is 154 Å². The van der Waals surface area contributed by atoms with E-state index in [-0.39, 0.29) is 0 Å². The van der Waals surface area contributed by atoms with Gasteiger partial charge < -0.3 is 0 Å². The van der Waals surface area contributed by atoms with Crippen LogP contribution in [0.3, 0.4) is 0 Å². The molecule has 0 radical (unpaired) electrons. The van der Waals surface area contributed by atoms with E-state index in [9.17, 15) is 25.2 Å². The van der Waals surface area contributed by atoms with Gasteiger partial charge in [0.1, 0.15) is 0 Å². The van der Waals surface area contributed by atoms with Crippen molar-refractivity contribution in [1.29, 1.82) is 0 Å². The molecule has 12 rings (SSSR count). The van der Waals surface area contributed by atoms with E-state index in [1.807, 2.05) is 0 Å². The summed E-state index contributed by atoms with van der Waals surface area (Å²) in [4.78, 5) is 83.6. The lowest BCUT2D eigenvalue weighted by molar-refractivity contribution is 0.320. The van der Waals surface area contributed by atoms with Crippen molar-refractivity contribution in [2.45, 2.75) is 154 Å². The summed E-state index contributed by atoms with van der Waals surface area (Å²) in [5.74, 6) is 0. The molecule has 0 saturated carbocycles. The van der Waals surface area contributed by atoms with Crippen LogP contribution in [0.4, 0.5) is 25.2 Å². The fourth-order valence-electron chi connectivity index (χ4n) is 8.90. The molecule has 0 amide bonds. The second kappa shape index (κ2) is 74.9. The van der Waals surface area contributed by atoms with Crippen LogP contribution in [0.25, 0.3) is 0 Å². The average molecular weight is 1840 g/mol. The van der Waals surface area contributed by atoms with Crippen molar-refractivity contribution in [3.05, 3.63) is 0 Å². The molecular formula is C48H132F6N12O18P18. The number of hydrogen-bond donors (Lipinski definition) is 12. The van der Waals surface area contributed by atoms with Gasteiger partial charge in [0, 0.05) is 157 Å². The third-order valence-corrected chi connectivity index (χ3v) is 19.9. The maximum atomic E-state index is 10.4. The molecule has 0 spiro atoms. The summed E-state index contributed by atoms with van der Waals surface area (Å²) < 4.78 is 141. The van der Waals surface area contributed by atoms with Crippen LogP contribution in [0.2, 0.25) is 0 Å². The minimum absolute atomic E-state index is 1.28. The van der Waals surface area contributed by atoms with Gasteiger partial charge in [-0.15, -0.1) is 25.2 Å². The lowest BCUT2D eigenvalue weighted by Crippen LogP contribution is -2.01. The standard InChI is InChI=1S/12C4H10NP.6FH2O3P/c12*6-5-3-1-2-4-5;6*1-5(2,3)4/h12*1-4,6H2;6*(H2,2,3,4). The van der Waals surface area contributed by atoms with Crippen molar-refractivity contribution < 1.29 is 111 Å². The third kappa shape index (κ3) is 144. The summed E-state index contributed by atoms with van der Waals surface area (Å²) >= 11 is 0. The maximum absolute atomic E-state index is 10.4. The van der Waals surface area contributed by atoms with Crippen molar-refractivity contribution in [2.75, 3.05) is 157 Å². The minimum Gasteiger partial charge on any atom is -0.299 e. The Morgan fingerprint density at radius 2 is 0.176 bits per heavy atom. The first-order chi connectivity index (χ1) is 46.7. The van der Waals surface area contributed by atoms with Gasteiger partial charge in [0.05, 0.1) is 0 Å². The molecule has 12 N–H and O–H groups in total. The number of halogens is 6. The van der Waals surface area contributed by atoms with E-state index in [1.165, 1.54) is 311 Å². The maximum Gasteiger partial charge on any atom is 0.507 e. The smallest absolute Gasteiger partial charge is 0.299 e. The van der Waals surface area contributed by atoms with Crippen molar-refractivity contribution in [3.8, 4) is 0 Å². The van der Waals surface area contributed by atoms with E-state index in [0.717, 1.165) is 0 Å². The molecule has 0 aliphatic carbocycles. The van der Waals surface area contributed by atoms with Gasteiger partial charge in [0.25, 0.3) is 0 Å². The minimum atomic E-state index is -5.14. The first kappa shape index (κ1) is 118. The predicted octanol–water partition coefficient (Wildman–Crippen LogP) is 10.8. The highest BCUT2D eigenvalue weighted by atomic mass is 31.2. The fourth-order valence-corrected chi connectivity index (χ4v) is 13.3. The molecule has 0 bridgehead atoms. The van der Waals surface area contributed by atoms with Crippen LogP contribution in [0.15, 0.2) is 0 Å². The quantitative estimate of drug-likeness (QED) is 0.0792. The van der Waals surface area contributed by atoms with E-state index < -0.39 is 47.4 Å². The van der Waals surface area contributed by atoms with Gasteiger partial charge in [-0.25, -0.2) is 27.4 Å². The molecule has 12 unspecified atom stereocenters. The fraction of sp³-hybridized carbons (Fsp3) is 1.00. The van der Waals surface area contributed by atoms with Crippen LogP contribution in [-0.4, -0.2) is 272 Å². The zero-order valence-corrected chi connectivity index (χ0v) is 78.2. The van der Waals surface area contributed by atoms with E-state index >= 15 is 0 Å². The van der Waals surface area contributed by atoms with Crippen molar-refractivity contribution >= 4 is 160 Å². The van der Waals surface area contributed by atoms with E-state index in [2.05, 4.69) is 169 Å². The Hall–Kier alpha value is 5.16. The molecule has 30 nitrogen and oxygen atoms in total. The third-order valence-electron chi connectivity index (χ3n) is 13.7. The molecule has 12 atom stereocenters. The molecule has 12 aliphatic heterocycles. The number of nitrogens with zero attached hydrogens (tertiary/aromatic N) is 12. The number of rotatable bonds is 0. The summed E-state index contributed by atoms with van der Waals surface area (Å²) in [7, 11) is 1.64. The number of hydrogen-bond acceptors (Lipinski definition) is 18. The second-order valence-electron chi connectivity index (χ2n) is 23.8. The largest absolute Gasteiger partial charge is 0.507 e. The van der Waals surface area contributed by atoms with E-state index in [4.69, 9.17) is 86.1 Å². The van der Waals surface area contributed by atoms with Gasteiger partial charge in [-0.1, -0.05) is 113 Å². The van der Waals surface area contributed by atoms with Gasteiger partial charge >= 0.3 is 47.4 Å². The second-order valence-corrected chi connectivity index (χ2v) is 38.2. The molecule has 0 aromatic heterocycles. The molecule has 12 fully saturated rings. The SMILES string of the molecule is O=P(O)(O)F.O=P(O)(O)F.O=P(O)(O)F.O=P(O)(O)F.O=P(O)(O)F.O=P(O)(O)F.PN1CCCC1.PN1CCCC1.PN1CCCC1.PN1CCCC1.PN1CCCC1.PN1CCCC1.PN1CCCC1.PN1CCCC1.PN1CCCC1.PN1CCCC1.PN1CCCC1.PN1CCCC1.